The van der Waals surface area contributed by atoms with Gasteiger partial charge in [0.15, 0.2) is 0 Å². The molecule has 4 N–H and O–H groups in total. The first-order valence-electron chi connectivity index (χ1n) is 10.5. The Balaban J connectivity index is 1.41. The third-order valence-electron chi connectivity index (χ3n) is 5.27. The highest BCUT2D eigenvalue weighted by Gasteiger charge is 2.34. The minimum Gasteiger partial charge on any atom is -0.497 e. The van der Waals surface area contributed by atoms with Crippen molar-refractivity contribution in [1.29, 1.82) is 0 Å². The number of amides is 3. The molecule has 3 aromatic carbocycles. The van der Waals surface area contributed by atoms with E-state index in [9.17, 15) is 14.4 Å². The molecule has 0 radical (unpaired) electrons. The molecule has 0 fully saturated rings. The van der Waals surface area contributed by atoms with Crippen molar-refractivity contribution in [2.45, 2.75) is 12.5 Å². The van der Waals surface area contributed by atoms with Gasteiger partial charge in [-0.15, -0.1) is 0 Å². The molecule has 0 saturated heterocycles. The summed E-state index contributed by atoms with van der Waals surface area (Å²) in [6.45, 7) is 0. The summed E-state index contributed by atoms with van der Waals surface area (Å²) in [7, 11) is 1.57. The van der Waals surface area contributed by atoms with Gasteiger partial charge in [0.05, 0.1) is 12.8 Å². The SMILES string of the molecule is COc1ccc(NC(=O)c2ccc(NC(=O)C3=NN(c4ccccc4)C(C(N)=O)C3)cc2)cc1. The average molecular weight is 457 g/mol. The predicted molar refractivity (Wildman–Crippen MR) is 130 cm³/mol. The van der Waals surface area contributed by atoms with Crippen molar-refractivity contribution < 1.29 is 19.1 Å². The van der Waals surface area contributed by atoms with Gasteiger partial charge >= 0.3 is 0 Å². The van der Waals surface area contributed by atoms with E-state index in [1.54, 1.807) is 67.8 Å². The topological polar surface area (TPSA) is 126 Å². The summed E-state index contributed by atoms with van der Waals surface area (Å²) >= 11 is 0. The highest BCUT2D eigenvalue weighted by molar-refractivity contribution is 6.44. The molecule has 172 valence electrons. The molecule has 0 bridgehead atoms. The highest BCUT2D eigenvalue weighted by Crippen LogP contribution is 2.25. The van der Waals surface area contributed by atoms with E-state index < -0.39 is 17.9 Å². The van der Waals surface area contributed by atoms with Gasteiger partial charge in [0.2, 0.25) is 5.91 Å². The number of hydrazone groups is 1. The number of hydrogen-bond acceptors (Lipinski definition) is 6. The normalized spacial score (nSPS) is 14.8. The van der Waals surface area contributed by atoms with Crippen LogP contribution in [-0.2, 0) is 9.59 Å². The summed E-state index contributed by atoms with van der Waals surface area (Å²) in [4.78, 5) is 37.2. The second kappa shape index (κ2) is 9.86. The maximum absolute atomic E-state index is 12.8. The van der Waals surface area contributed by atoms with E-state index in [4.69, 9.17) is 10.5 Å². The standard InChI is InChI=1S/C25H23N5O4/c1-34-20-13-11-18(12-14-20)27-24(32)16-7-9-17(10-8-16)28-25(33)21-15-22(23(26)31)30(29-21)19-5-3-2-4-6-19/h2-14,22H,15H2,1H3,(H2,26,31)(H,27,32)(H,28,33). The van der Waals surface area contributed by atoms with Crippen LogP contribution in [0, 0.1) is 0 Å². The van der Waals surface area contributed by atoms with Crippen LogP contribution in [0.2, 0.25) is 0 Å². The predicted octanol–water partition coefficient (Wildman–Crippen LogP) is 3.01. The molecule has 0 saturated carbocycles. The van der Waals surface area contributed by atoms with Gasteiger partial charge in [0.1, 0.15) is 17.5 Å². The largest absolute Gasteiger partial charge is 0.497 e. The number of nitrogens with one attached hydrogen (secondary N) is 2. The summed E-state index contributed by atoms with van der Waals surface area (Å²) in [5.74, 6) is -0.604. The van der Waals surface area contributed by atoms with Gasteiger partial charge in [-0.1, -0.05) is 18.2 Å². The van der Waals surface area contributed by atoms with Gasteiger partial charge < -0.3 is 21.1 Å². The van der Waals surface area contributed by atoms with Gasteiger partial charge in [0, 0.05) is 23.4 Å². The number of nitrogens with zero attached hydrogens (tertiary/aromatic N) is 2. The zero-order valence-corrected chi connectivity index (χ0v) is 18.4. The Morgan fingerprint density at radius 1 is 0.882 bits per heavy atom. The first-order chi connectivity index (χ1) is 16.4. The molecule has 1 unspecified atom stereocenters. The third-order valence-corrected chi connectivity index (χ3v) is 5.27. The third kappa shape index (κ3) is 5.04. The lowest BCUT2D eigenvalue weighted by Crippen LogP contribution is -2.39. The van der Waals surface area contributed by atoms with Crippen LogP contribution in [0.3, 0.4) is 0 Å². The molecule has 3 aromatic rings. The van der Waals surface area contributed by atoms with Gasteiger partial charge in [-0.25, -0.2) is 0 Å². The summed E-state index contributed by atoms with van der Waals surface area (Å²) in [5.41, 5.74) is 7.93. The van der Waals surface area contributed by atoms with E-state index in [0.29, 0.717) is 28.4 Å². The number of carbonyl (C=O) groups excluding carboxylic acids is 3. The van der Waals surface area contributed by atoms with Crippen LogP contribution in [0.1, 0.15) is 16.8 Å². The van der Waals surface area contributed by atoms with Crippen molar-refractivity contribution in [3.63, 3.8) is 0 Å². The van der Waals surface area contributed by atoms with Crippen LogP contribution >= 0.6 is 0 Å². The molecule has 1 heterocycles. The van der Waals surface area contributed by atoms with Gasteiger partial charge in [-0.3, -0.25) is 19.4 Å². The Labute approximate surface area is 196 Å². The molecular formula is C25H23N5O4. The quantitative estimate of drug-likeness (QED) is 0.503. The molecule has 0 aromatic heterocycles. The maximum Gasteiger partial charge on any atom is 0.271 e. The Morgan fingerprint density at radius 3 is 2.06 bits per heavy atom. The number of benzene rings is 3. The maximum atomic E-state index is 12.8. The average Bonchev–Trinajstić information content (AvgIpc) is 3.32. The molecule has 9 nitrogen and oxygen atoms in total. The number of primary amides is 1. The fourth-order valence-electron chi connectivity index (χ4n) is 3.47. The second-order valence-corrected chi connectivity index (χ2v) is 7.56. The summed E-state index contributed by atoms with van der Waals surface area (Å²) in [6.07, 6.45) is 0.0956. The van der Waals surface area contributed by atoms with E-state index in [1.807, 2.05) is 18.2 Å². The van der Waals surface area contributed by atoms with Crippen molar-refractivity contribution in [2.24, 2.45) is 10.8 Å². The number of nitrogens with two attached hydrogens (primary N) is 1. The Hall–Kier alpha value is -4.66. The van der Waals surface area contributed by atoms with Crippen LogP contribution in [-0.4, -0.2) is 36.6 Å². The summed E-state index contributed by atoms with van der Waals surface area (Å²) in [5, 5.41) is 11.3. The minimum absolute atomic E-state index is 0.0956. The zero-order valence-electron chi connectivity index (χ0n) is 18.4. The monoisotopic (exact) mass is 457 g/mol. The lowest BCUT2D eigenvalue weighted by Gasteiger charge is -2.20. The van der Waals surface area contributed by atoms with Crippen LogP contribution in [0.25, 0.3) is 0 Å². The fourth-order valence-corrected chi connectivity index (χ4v) is 3.47. The van der Waals surface area contributed by atoms with Gasteiger partial charge in [-0.2, -0.15) is 5.10 Å². The van der Waals surface area contributed by atoms with E-state index in [0.717, 1.165) is 0 Å². The smallest absolute Gasteiger partial charge is 0.271 e. The number of anilines is 3. The van der Waals surface area contributed by atoms with E-state index in [1.165, 1.54) is 5.01 Å². The Bertz CT molecular complexity index is 1220. The van der Waals surface area contributed by atoms with Gasteiger partial charge in [0.25, 0.3) is 11.8 Å². The Morgan fingerprint density at radius 2 is 1.47 bits per heavy atom. The number of hydrogen-bond donors (Lipinski definition) is 3. The number of carbonyl (C=O) groups is 3. The summed E-state index contributed by atoms with van der Waals surface area (Å²) in [6, 6.07) is 21.7. The number of ether oxygens (including phenoxy) is 1. The highest BCUT2D eigenvalue weighted by atomic mass is 16.5. The molecule has 1 aliphatic heterocycles. The van der Waals surface area contributed by atoms with Crippen molar-refractivity contribution in [3.05, 3.63) is 84.4 Å². The molecule has 1 atom stereocenters. The van der Waals surface area contributed by atoms with Crippen molar-refractivity contribution in [3.8, 4) is 5.75 Å². The van der Waals surface area contributed by atoms with Crippen molar-refractivity contribution in [2.75, 3.05) is 22.8 Å². The molecule has 4 rings (SSSR count). The van der Waals surface area contributed by atoms with E-state index in [-0.39, 0.29) is 18.0 Å². The van der Waals surface area contributed by atoms with Crippen LogP contribution in [0.4, 0.5) is 17.1 Å². The number of rotatable bonds is 7. The number of methoxy groups -OCH3 is 1. The molecule has 34 heavy (non-hydrogen) atoms. The molecule has 0 spiro atoms. The van der Waals surface area contributed by atoms with Crippen LogP contribution in [0.15, 0.2) is 84.0 Å². The lowest BCUT2D eigenvalue weighted by atomic mass is 10.1. The number of para-hydroxylation sites is 1. The van der Waals surface area contributed by atoms with E-state index >= 15 is 0 Å². The van der Waals surface area contributed by atoms with Crippen LogP contribution in [0.5, 0.6) is 5.75 Å². The fraction of sp³-hybridized carbons (Fsp3) is 0.120. The molecular weight excluding hydrogens is 434 g/mol. The van der Waals surface area contributed by atoms with Gasteiger partial charge in [-0.05, 0) is 60.7 Å². The van der Waals surface area contributed by atoms with Crippen LogP contribution < -0.4 is 26.1 Å². The van der Waals surface area contributed by atoms with Crippen molar-refractivity contribution in [1.82, 2.24) is 0 Å². The zero-order chi connectivity index (χ0) is 24.1. The van der Waals surface area contributed by atoms with E-state index in [2.05, 4.69) is 15.7 Å². The Kier molecular flexibility index (Phi) is 6.54. The summed E-state index contributed by atoms with van der Waals surface area (Å²) < 4.78 is 5.11. The van der Waals surface area contributed by atoms with Crippen molar-refractivity contribution >= 4 is 40.5 Å². The minimum atomic E-state index is -0.743. The first-order valence-corrected chi connectivity index (χ1v) is 10.5. The molecule has 9 heteroatoms. The molecule has 3 amide bonds. The first kappa shape index (κ1) is 22.5. The molecule has 1 aliphatic rings. The lowest BCUT2D eigenvalue weighted by molar-refractivity contribution is -0.119. The molecule has 0 aliphatic carbocycles. The second-order valence-electron chi connectivity index (χ2n) is 7.56.